The van der Waals surface area contributed by atoms with Crippen LogP contribution in [0.4, 0.5) is 5.82 Å². The van der Waals surface area contributed by atoms with Crippen molar-refractivity contribution in [1.82, 2.24) is 14.8 Å². The van der Waals surface area contributed by atoms with Crippen LogP contribution < -0.4 is 5.32 Å². The van der Waals surface area contributed by atoms with Gasteiger partial charge in [0.15, 0.2) is 0 Å². The lowest BCUT2D eigenvalue weighted by atomic mass is 10.2. The molecule has 4 nitrogen and oxygen atoms in total. The molecule has 0 saturated carbocycles. The van der Waals surface area contributed by atoms with E-state index < -0.39 is 0 Å². The first kappa shape index (κ1) is 12.2. The highest BCUT2D eigenvalue weighted by Crippen LogP contribution is 2.36. The number of fused-ring (bicyclic) bond motifs is 1. The first-order valence-electron chi connectivity index (χ1n) is 6.21. The molecule has 3 rings (SSSR count). The van der Waals surface area contributed by atoms with E-state index in [1.165, 1.54) is 0 Å². The summed E-state index contributed by atoms with van der Waals surface area (Å²) in [5, 5.41) is 11.4. The largest absolute Gasteiger partial charge is 0.369 e. The molecular weight excluding hydrogens is 312 g/mol. The molecule has 0 spiro atoms. The highest BCUT2D eigenvalue weighted by atomic mass is 79.9. The van der Waals surface area contributed by atoms with Crippen LogP contribution in [0.15, 0.2) is 16.0 Å². The summed E-state index contributed by atoms with van der Waals surface area (Å²) in [6, 6.07) is 0.281. The second-order valence-corrected chi connectivity index (χ2v) is 6.12. The third-order valence-corrected chi connectivity index (χ3v) is 4.86. The number of thiazole rings is 1. The summed E-state index contributed by atoms with van der Waals surface area (Å²) in [7, 11) is 0. The Labute approximate surface area is 119 Å². The lowest BCUT2D eigenvalue weighted by molar-refractivity contribution is 0.476. The molecule has 3 heterocycles. The predicted molar refractivity (Wildman–Crippen MR) is 77.3 cm³/mol. The molecule has 0 amide bonds. The second-order valence-electron chi connectivity index (χ2n) is 4.41. The van der Waals surface area contributed by atoms with Crippen LogP contribution in [-0.4, -0.2) is 21.3 Å². The third-order valence-electron chi connectivity index (χ3n) is 3.15. The fourth-order valence-corrected chi connectivity index (χ4v) is 3.68. The average molecular weight is 327 g/mol. The summed E-state index contributed by atoms with van der Waals surface area (Å²) in [6.07, 6.45) is 5.03. The Balaban J connectivity index is 2.03. The van der Waals surface area contributed by atoms with Crippen molar-refractivity contribution >= 4 is 33.1 Å². The quantitative estimate of drug-likeness (QED) is 0.939. The van der Waals surface area contributed by atoms with E-state index >= 15 is 0 Å². The zero-order valence-electron chi connectivity index (χ0n) is 10.2. The van der Waals surface area contributed by atoms with Crippen molar-refractivity contribution in [3.05, 3.63) is 26.8 Å². The highest BCUT2D eigenvalue weighted by molar-refractivity contribution is 9.10. The van der Waals surface area contributed by atoms with Crippen LogP contribution in [-0.2, 0) is 6.42 Å². The van der Waals surface area contributed by atoms with E-state index in [0.717, 1.165) is 46.8 Å². The van der Waals surface area contributed by atoms with Gasteiger partial charge >= 0.3 is 0 Å². The third kappa shape index (κ3) is 1.97. The van der Waals surface area contributed by atoms with E-state index in [4.69, 9.17) is 5.10 Å². The molecule has 0 saturated heterocycles. The predicted octanol–water partition coefficient (Wildman–Crippen LogP) is 3.46. The molecule has 0 radical (unpaired) electrons. The van der Waals surface area contributed by atoms with Crippen molar-refractivity contribution < 1.29 is 0 Å². The topological polar surface area (TPSA) is 42.7 Å². The number of rotatable bonds is 3. The number of nitrogens with zero attached hydrogens (tertiary/aromatic N) is 3. The molecule has 0 bridgehead atoms. The number of nitrogens with one attached hydrogen (secondary N) is 1. The Bertz CT molecular complexity index is 535. The van der Waals surface area contributed by atoms with Gasteiger partial charge in [0.25, 0.3) is 0 Å². The maximum absolute atomic E-state index is 4.75. The molecule has 1 unspecified atom stereocenters. The van der Waals surface area contributed by atoms with Crippen molar-refractivity contribution in [2.45, 2.75) is 32.2 Å². The summed E-state index contributed by atoms with van der Waals surface area (Å²) in [4.78, 5) is 4.44. The maximum Gasteiger partial charge on any atom is 0.139 e. The van der Waals surface area contributed by atoms with E-state index in [0.29, 0.717) is 0 Å². The van der Waals surface area contributed by atoms with Crippen LogP contribution in [0, 0.1) is 0 Å². The molecule has 2 aromatic rings. The van der Waals surface area contributed by atoms with Crippen LogP contribution in [0.5, 0.6) is 0 Å². The normalized spacial score (nSPS) is 18.4. The molecule has 1 atom stereocenters. The molecule has 6 heteroatoms. The lowest BCUT2D eigenvalue weighted by Crippen LogP contribution is -2.24. The molecular formula is C12H15BrN4S. The Morgan fingerprint density at radius 1 is 1.61 bits per heavy atom. The standard InChI is InChI=1S/C12H15BrN4S/c1-2-3-8-10(13)11-14-5-4-9(17(11)16-8)12-15-6-7-18-12/h6-7,9,14H,2-5H2,1H3. The summed E-state index contributed by atoms with van der Waals surface area (Å²) in [5.41, 5.74) is 1.14. The van der Waals surface area contributed by atoms with Crippen molar-refractivity contribution in [2.24, 2.45) is 0 Å². The second kappa shape index (κ2) is 5.01. The van der Waals surface area contributed by atoms with Gasteiger partial charge in [-0.15, -0.1) is 11.3 Å². The summed E-state index contributed by atoms with van der Waals surface area (Å²) in [5.74, 6) is 1.10. The number of aromatic nitrogens is 3. The summed E-state index contributed by atoms with van der Waals surface area (Å²) in [6.45, 7) is 3.15. The number of hydrogen-bond acceptors (Lipinski definition) is 4. The minimum absolute atomic E-state index is 0.281. The minimum atomic E-state index is 0.281. The van der Waals surface area contributed by atoms with Gasteiger partial charge in [-0.2, -0.15) is 5.10 Å². The molecule has 18 heavy (non-hydrogen) atoms. The molecule has 2 aromatic heterocycles. The van der Waals surface area contributed by atoms with Gasteiger partial charge < -0.3 is 5.32 Å². The average Bonchev–Trinajstić information content (AvgIpc) is 3.00. The van der Waals surface area contributed by atoms with E-state index in [2.05, 4.69) is 37.8 Å². The SMILES string of the molecule is CCCc1nn2c(c1Br)NCCC2c1nccs1. The van der Waals surface area contributed by atoms with Crippen molar-refractivity contribution in [3.8, 4) is 0 Å². The molecule has 1 aliphatic rings. The Kier molecular flexibility index (Phi) is 3.39. The number of aryl methyl sites for hydroxylation is 1. The zero-order valence-corrected chi connectivity index (χ0v) is 12.6. The van der Waals surface area contributed by atoms with E-state index in [-0.39, 0.29) is 6.04 Å². The maximum atomic E-state index is 4.75. The van der Waals surface area contributed by atoms with Gasteiger partial charge in [-0.1, -0.05) is 13.3 Å². The van der Waals surface area contributed by atoms with E-state index in [1.54, 1.807) is 11.3 Å². The number of halogens is 1. The number of anilines is 1. The fraction of sp³-hybridized carbons (Fsp3) is 0.500. The van der Waals surface area contributed by atoms with E-state index in [9.17, 15) is 0 Å². The van der Waals surface area contributed by atoms with Gasteiger partial charge in [0, 0.05) is 18.1 Å². The van der Waals surface area contributed by atoms with E-state index in [1.807, 2.05) is 11.6 Å². The highest BCUT2D eigenvalue weighted by Gasteiger charge is 2.27. The van der Waals surface area contributed by atoms with Crippen LogP contribution in [0.25, 0.3) is 0 Å². The van der Waals surface area contributed by atoms with Crippen molar-refractivity contribution in [3.63, 3.8) is 0 Å². The van der Waals surface area contributed by atoms with Crippen molar-refractivity contribution in [2.75, 3.05) is 11.9 Å². The van der Waals surface area contributed by atoms with Crippen LogP contribution >= 0.6 is 27.3 Å². The lowest BCUT2D eigenvalue weighted by Gasteiger charge is -2.24. The van der Waals surface area contributed by atoms with Crippen molar-refractivity contribution in [1.29, 1.82) is 0 Å². The van der Waals surface area contributed by atoms with Gasteiger partial charge in [-0.25, -0.2) is 9.67 Å². The molecule has 0 aliphatic carbocycles. The zero-order chi connectivity index (χ0) is 12.5. The van der Waals surface area contributed by atoms with Gasteiger partial charge in [0.1, 0.15) is 16.9 Å². The fourth-order valence-electron chi connectivity index (χ4n) is 2.32. The molecule has 1 N–H and O–H groups in total. The minimum Gasteiger partial charge on any atom is -0.369 e. The molecule has 1 aliphatic heterocycles. The molecule has 0 aromatic carbocycles. The monoisotopic (exact) mass is 326 g/mol. The first-order chi connectivity index (χ1) is 8.81. The van der Waals surface area contributed by atoms with Gasteiger partial charge in [0.2, 0.25) is 0 Å². The summed E-state index contributed by atoms with van der Waals surface area (Å²) >= 11 is 5.37. The van der Waals surface area contributed by atoms with Crippen LogP contribution in [0.3, 0.4) is 0 Å². The Morgan fingerprint density at radius 3 is 3.22 bits per heavy atom. The number of hydrogen-bond donors (Lipinski definition) is 1. The van der Waals surface area contributed by atoms with Gasteiger partial charge in [0.05, 0.1) is 10.2 Å². The Morgan fingerprint density at radius 2 is 2.50 bits per heavy atom. The molecule has 96 valence electrons. The smallest absolute Gasteiger partial charge is 0.139 e. The van der Waals surface area contributed by atoms with Gasteiger partial charge in [-0.3, -0.25) is 0 Å². The summed E-state index contributed by atoms with van der Waals surface area (Å²) < 4.78 is 3.21. The Hall–Kier alpha value is -0.880. The molecule has 0 fully saturated rings. The first-order valence-corrected chi connectivity index (χ1v) is 7.88. The van der Waals surface area contributed by atoms with Crippen LogP contribution in [0.1, 0.15) is 36.5 Å². The van der Waals surface area contributed by atoms with Crippen LogP contribution in [0.2, 0.25) is 0 Å². The van der Waals surface area contributed by atoms with Gasteiger partial charge in [-0.05, 0) is 28.8 Å².